The number of allylic oxidation sites excluding steroid dienone is 2. The molecule has 1 aliphatic carbocycles. The molecule has 7 heteroatoms. The Kier molecular flexibility index (Phi) is 5.22. The molecule has 1 fully saturated rings. The molecule has 0 saturated carbocycles. The second-order valence-corrected chi connectivity index (χ2v) is 7.15. The van der Waals surface area contributed by atoms with E-state index in [1.807, 2.05) is 6.08 Å². The topological polar surface area (TPSA) is 96.1 Å². The van der Waals surface area contributed by atoms with Crippen LogP contribution in [0.2, 0.25) is 0 Å². The third-order valence-corrected chi connectivity index (χ3v) is 5.31. The summed E-state index contributed by atoms with van der Waals surface area (Å²) in [5.41, 5.74) is 4.74. The van der Waals surface area contributed by atoms with Gasteiger partial charge in [0.05, 0.1) is 18.1 Å². The zero-order valence-electron chi connectivity index (χ0n) is 15.9. The van der Waals surface area contributed by atoms with Crippen LogP contribution in [-0.4, -0.2) is 46.3 Å². The van der Waals surface area contributed by atoms with Gasteiger partial charge >= 0.3 is 0 Å². The smallest absolute Gasteiger partial charge is 0.269 e. The van der Waals surface area contributed by atoms with Crippen molar-refractivity contribution in [1.82, 2.24) is 4.90 Å². The van der Waals surface area contributed by atoms with Gasteiger partial charge in [0.2, 0.25) is 0 Å². The monoisotopic (exact) mass is 394 g/mol. The highest BCUT2D eigenvalue weighted by molar-refractivity contribution is 5.82. The summed E-state index contributed by atoms with van der Waals surface area (Å²) in [6.45, 7) is 2.76. The molecule has 0 atom stereocenters. The quantitative estimate of drug-likeness (QED) is 0.463. The Bertz CT molecular complexity index is 989. The van der Waals surface area contributed by atoms with Crippen molar-refractivity contribution >= 4 is 17.3 Å². The molecule has 2 aromatic rings. The van der Waals surface area contributed by atoms with Gasteiger partial charge < -0.3 is 19.8 Å². The van der Waals surface area contributed by atoms with Crippen LogP contribution in [0.25, 0.3) is 11.6 Å². The average molecular weight is 394 g/mol. The van der Waals surface area contributed by atoms with Gasteiger partial charge in [-0.25, -0.2) is 0 Å². The molecule has 0 amide bonds. The first kappa shape index (κ1) is 19.0. The van der Waals surface area contributed by atoms with Crippen LogP contribution in [0.1, 0.15) is 24.0 Å². The lowest BCUT2D eigenvalue weighted by Crippen LogP contribution is -2.36. The van der Waals surface area contributed by atoms with Gasteiger partial charge in [0.25, 0.3) is 5.69 Å². The molecule has 7 nitrogen and oxygen atoms in total. The second kappa shape index (κ2) is 7.97. The van der Waals surface area contributed by atoms with Crippen LogP contribution in [0.4, 0.5) is 5.69 Å². The van der Waals surface area contributed by atoms with E-state index < -0.39 is 4.92 Å². The van der Waals surface area contributed by atoms with Crippen molar-refractivity contribution in [3.8, 4) is 11.5 Å². The molecular formula is C22H22N2O5. The van der Waals surface area contributed by atoms with Crippen LogP contribution in [-0.2, 0) is 4.74 Å². The summed E-state index contributed by atoms with van der Waals surface area (Å²) >= 11 is 0. The number of aromatic hydroxyl groups is 2. The normalized spacial score (nSPS) is 18.5. The molecule has 0 unspecified atom stereocenters. The van der Waals surface area contributed by atoms with Crippen LogP contribution in [0, 0.1) is 10.1 Å². The predicted octanol–water partition coefficient (Wildman–Crippen LogP) is 3.93. The average Bonchev–Trinajstić information content (AvgIpc) is 3.14. The van der Waals surface area contributed by atoms with Crippen molar-refractivity contribution in [2.24, 2.45) is 0 Å². The predicted molar refractivity (Wildman–Crippen MR) is 109 cm³/mol. The molecular weight excluding hydrogens is 372 g/mol. The standard InChI is InChI=1S/C22H22N2O5/c25-18-6-8-21(26)20(14-18)19-7-3-16(22(19)23-9-11-29-12-10-23)13-15-1-4-17(5-2-15)24(27)28/h1-2,4-6,8,13-14,25-26H,3,7,9-12H2/b16-13-. The largest absolute Gasteiger partial charge is 0.508 e. The second-order valence-electron chi connectivity index (χ2n) is 7.15. The minimum Gasteiger partial charge on any atom is -0.508 e. The van der Waals surface area contributed by atoms with Gasteiger partial charge in [-0.15, -0.1) is 0 Å². The number of nitrogens with zero attached hydrogens (tertiary/aromatic N) is 2. The van der Waals surface area contributed by atoms with Crippen LogP contribution in [0.15, 0.2) is 53.7 Å². The van der Waals surface area contributed by atoms with E-state index in [0.717, 1.165) is 48.3 Å². The van der Waals surface area contributed by atoms with Crippen LogP contribution in [0.5, 0.6) is 11.5 Å². The van der Waals surface area contributed by atoms with E-state index in [9.17, 15) is 20.3 Å². The molecule has 2 N–H and O–H groups in total. The molecule has 150 valence electrons. The summed E-state index contributed by atoms with van der Waals surface area (Å²) in [5.74, 6) is 0.250. The van der Waals surface area contributed by atoms with Crippen molar-refractivity contribution in [2.75, 3.05) is 26.3 Å². The Morgan fingerprint density at radius 1 is 1.03 bits per heavy atom. The molecule has 0 aromatic heterocycles. The van der Waals surface area contributed by atoms with E-state index in [0.29, 0.717) is 18.8 Å². The Balaban J connectivity index is 1.78. The van der Waals surface area contributed by atoms with Crippen LogP contribution in [0.3, 0.4) is 0 Å². The zero-order valence-corrected chi connectivity index (χ0v) is 15.9. The summed E-state index contributed by atoms with van der Waals surface area (Å²) in [6, 6.07) is 11.1. The number of non-ortho nitro benzene ring substituents is 1. The van der Waals surface area contributed by atoms with Crippen molar-refractivity contribution in [1.29, 1.82) is 0 Å². The highest BCUT2D eigenvalue weighted by Gasteiger charge is 2.28. The van der Waals surface area contributed by atoms with E-state index >= 15 is 0 Å². The lowest BCUT2D eigenvalue weighted by Gasteiger charge is -2.32. The maximum atomic E-state index is 10.9. The van der Waals surface area contributed by atoms with Crippen LogP contribution < -0.4 is 0 Å². The number of hydrogen-bond acceptors (Lipinski definition) is 6. The number of phenolic OH excluding ortho intramolecular Hbond substituents is 2. The third-order valence-electron chi connectivity index (χ3n) is 5.31. The third kappa shape index (κ3) is 3.95. The van der Waals surface area contributed by atoms with Crippen molar-refractivity contribution in [3.63, 3.8) is 0 Å². The number of phenols is 2. The van der Waals surface area contributed by atoms with E-state index in [1.54, 1.807) is 18.2 Å². The Morgan fingerprint density at radius 3 is 2.45 bits per heavy atom. The fraction of sp³-hybridized carbons (Fsp3) is 0.273. The zero-order chi connectivity index (χ0) is 20.4. The van der Waals surface area contributed by atoms with E-state index in [4.69, 9.17) is 4.74 Å². The molecule has 0 bridgehead atoms. The van der Waals surface area contributed by atoms with Crippen molar-refractivity contribution in [2.45, 2.75) is 12.8 Å². The summed E-state index contributed by atoms with van der Waals surface area (Å²) in [5, 5.41) is 31.2. The highest BCUT2D eigenvalue weighted by atomic mass is 16.6. The first-order chi connectivity index (χ1) is 14.0. The summed E-state index contributed by atoms with van der Waals surface area (Å²) in [4.78, 5) is 12.7. The molecule has 1 heterocycles. The minimum atomic E-state index is -0.408. The number of benzene rings is 2. The summed E-state index contributed by atoms with van der Waals surface area (Å²) < 4.78 is 5.50. The Morgan fingerprint density at radius 2 is 1.76 bits per heavy atom. The molecule has 1 aliphatic heterocycles. The summed E-state index contributed by atoms with van der Waals surface area (Å²) in [7, 11) is 0. The fourth-order valence-electron chi connectivity index (χ4n) is 3.93. The SMILES string of the molecule is O=[N+]([O-])c1ccc(/C=C2/CCC(c3cc(O)ccc3O)=C2N2CCOCC2)cc1. The fourth-order valence-corrected chi connectivity index (χ4v) is 3.93. The van der Waals surface area contributed by atoms with E-state index in [-0.39, 0.29) is 17.2 Å². The van der Waals surface area contributed by atoms with Gasteiger partial charge in [-0.05, 0) is 66.0 Å². The lowest BCUT2D eigenvalue weighted by molar-refractivity contribution is -0.384. The number of hydrogen-bond donors (Lipinski definition) is 2. The van der Waals surface area contributed by atoms with E-state index in [2.05, 4.69) is 4.90 Å². The van der Waals surface area contributed by atoms with Crippen LogP contribution >= 0.6 is 0 Å². The number of nitro groups is 1. The molecule has 0 spiro atoms. The number of nitro benzene ring substituents is 1. The van der Waals surface area contributed by atoms with E-state index in [1.165, 1.54) is 24.3 Å². The van der Waals surface area contributed by atoms with Gasteiger partial charge in [-0.1, -0.05) is 0 Å². The minimum absolute atomic E-state index is 0.0629. The number of rotatable bonds is 4. The molecule has 29 heavy (non-hydrogen) atoms. The highest BCUT2D eigenvalue weighted by Crippen LogP contribution is 2.44. The molecule has 2 aliphatic rings. The number of ether oxygens (including phenoxy) is 1. The molecule has 4 rings (SSSR count). The molecule has 2 aromatic carbocycles. The van der Waals surface area contributed by atoms with Gasteiger partial charge in [-0.2, -0.15) is 0 Å². The maximum Gasteiger partial charge on any atom is 0.269 e. The number of morpholine rings is 1. The van der Waals surface area contributed by atoms with Crippen molar-refractivity contribution < 1.29 is 19.9 Å². The van der Waals surface area contributed by atoms with Gasteiger partial charge in [0.1, 0.15) is 11.5 Å². The molecule has 0 radical (unpaired) electrons. The van der Waals surface area contributed by atoms with Gasteiger partial charge in [-0.3, -0.25) is 10.1 Å². The first-order valence-electron chi connectivity index (χ1n) is 9.56. The maximum absolute atomic E-state index is 10.9. The Hall–Kier alpha value is -3.32. The lowest BCUT2D eigenvalue weighted by atomic mass is 10.0. The van der Waals surface area contributed by atoms with Gasteiger partial charge in [0.15, 0.2) is 0 Å². The van der Waals surface area contributed by atoms with Crippen molar-refractivity contribution in [3.05, 3.63) is 75.0 Å². The summed E-state index contributed by atoms with van der Waals surface area (Å²) in [6.07, 6.45) is 3.57. The van der Waals surface area contributed by atoms with Gasteiger partial charge in [0, 0.05) is 36.5 Å². The Labute approximate surface area is 168 Å². The first-order valence-corrected chi connectivity index (χ1v) is 9.56. The molecule has 1 saturated heterocycles.